The molecule has 0 saturated carbocycles. The van der Waals surface area contributed by atoms with E-state index in [1.807, 2.05) is 24.3 Å². The highest BCUT2D eigenvalue weighted by Gasteiger charge is 2.03. The van der Waals surface area contributed by atoms with Gasteiger partial charge in [0.15, 0.2) is 0 Å². The van der Waals surface area contributed by atoms with E-state index in [4.69, 9.17) is 5.26 Å². The molecular weight excluding hydrogens is 244 g/mol. The first-order chi connectivity index (χ1) is 6.72. The molecule has 4 heteroatoms. The zero-order valence-electron chi connectivity index (χ0n) is 7.04. The van der Waals surface area contributed by atoms with Crippen molar-refractivity contribution in [2.45, 2.75) is 0 Å². The largest absolute Gasteiger partial charge is 0.320 e. The van der Waals surface area contributed by atoms with Gasteiger partial charge >= 0.3 is 0 Å². The smallest absolute Gasteiger partial charge is 0.266 e. The number of para-hydroxylation sites is 1. The van der Waals surface area contributed by atoms with Crippen molar-refractivity contribution in [3.05, 3.63) is 44.7 Å². The summed E-state index contributed by atoms with van der Waals surface area (Å²) < 4.78 is 0.816. The van der Waals surface area contributed by atoms with E-state index in [1.165, 1.54) is 0 Å². The Morgan fingerprint density at radius 3 is 2.93 bits per heavy atom. The Balaban J connectivity index is 2.95. The number of nitriles is 1. The van der Waals surface area contributed by atoms with Crippen molar-refractivity contribution in [3.63, 3.8) is 0 Å². The summed E-state index contributed by atoms with van der Waals surface area (Å²) in [7, 11) is 0. The summed E-state index contributed by atoms with van der Waals surface area (Å²) in [6, 6.07) is 8.96. The lowest BCUT2D eigenvalue weighted by Crippen LogP contribution is -2.09. The van der Waals surface area contributed by atoms with Crippen LogP contribution in [0.5, 0.6) is 0 Å². The Labute approximate surface area is 88.1 Å². The Hall–Kier alpha value is -1.60. The van der Waals surface area contributed by atoms with Crippen molar-refractivity contribution in [1.82, 2.24) is 4.98 Å². The van der Waals surface area contributed by atoms with Crippen LogP contribution in [-0.4, -0.2) is 4.98 Å². The highest BCUT2D eigenvalue weighted by Crippen LogP contribution is 2.20. The molecular formula is C10H5BrN2O. The molecule has 3 nitrogen and oxygen atoms in total. The van der Waals surface area contributed by atoms with Crippen molar-refractivity contribution in [2.24, 2.45) is 0 Å². The van der Waals surface area contributed by atoms with Gasteiger partial charge in [0.25, 0.3) is 5.56 Å². The summed E-state index contributed by atoms with van der Waals surface area (Å²) in [4.78, 5) is 14.0. The number of fused-ring (bicyclic) bond motifs is 1. The van der Waals surface area contributed by atoms with Crippen molar-refractivity contribution >= 4 is 26.8 Å². The number of aromatic amines is 1. The molecule has 0 fully saturated rings. The number of nitrogens with one attached hydrogen (secondary N) is 1. The van der Waals surface area contributed by atoms with Crippen LogP contribution in [0, 0.1) is 11.3 Å². The van der Waals surface area contributed by atoms with Crippen LogP contribution >= 0.6 is 15.9 Å². The maximum absolute atomic E-state index is 11.3. The molecule has 0 spiro atoms. The van der Waals surface area contributed by atoms with Crippen LogP contribution < -0.4 is 5.56 Å². The number of halogens is 1. The molecule has 0 aliphatic carbocycles. The Kier molecular flexibility index (Phi) is 2.10. The van der Waals surface area contributed by atoms with Gasteiger partial charge in [-0.1, -0.05) is 12.1 Å². The quantitative estimate of drug-likeness (QED) is 0.777. The van der Waals surface area contributed by atoms with E-state index >= 15 is 0 Å². The van der Waals surface area contributed by atoms with E-state index in [0.29, 0.717) is 0 Å². The molecule has 1 aromatic heterocycles. The van der Waals surface area contributed by atoms with Crippen LogP contribution in [-0.2, 0) is 0 Å². The van der Waals surface area contributed by atoms with Gasteiger partial charge < -0.3 is 4.98 Å². The SMILES string of the molecule is N#Cc1cc2cccc(Br)c2[nH]c1=O. The minimum Gasteiger partial charge on any atom is -0.320 e. The number of H-pyrrole nitrogens is 1. The molecule has 68 valence electrons. The highest BCUT2D eigenvalue weighted by molar-refractivity contribution is 9.10. The van der Waals surface area contributed by atoms with Gasteiger partial charge in [-0.3, -0.25) is 4.79 Å². The van der Waals surface area contributed by atoms with Crippen molar-refractivity contribution in [2.75, 3.05) is 0 Å². The summed E-state index contributed by atoms with van der Waals surface area (Å²) >= 11 is 3.32. The van der Waals surface area contributed by atoms with Gasteiger partial charge in [-0.15, -0.1) is 0 Å². The second-order valence-electron chi connectivity index (χ2n) is 2.83. The van der Waals surface area contributed by atoms with Crippen LogP contribution in [0.3, 0.4) is 0 Å². The summed E-state index contributed by atoms with van der Waals surface area (Å²) in [5.41, 5.74) is 0.499. The lowest BCUT2D eigenvalue weighted by atomic mass is 10.2. The molecule has 0 unspecified atom stereocenters. The molecule has 1 heterocycles. The van der Waals surface area contributed by atoms with E-state index in [0.717, 1.165) is 15.4 Å². The fourth-order valence-electron chi connectivity index (χ4n) is 1.28. The van der Waals surface area contributed by atoms with E-state index in [2.05, 4.69) is 20.9 Å². The van der Waals surface area contributed by atoms with E-state index < -0.39 is 0 Å². The fraction of sp³-hybridized carbons (Fsp3) is 0. The minimum absolute atomic E-state index is 0.135. The lowest BCUT2D eigenvalue weighted by molar-refractivity contribution is 1.27. The molecule has 1 N–H and O–H groups in total. The summed E-state index contributed by atoms with van der Waals surface area (Å²) in [5, 5.41) is 9.51. The van der Waals surface area contributed by atoms with Gasteiger partial charge in [0.2, 0.25) is 0 Å². The zero-order valence-corrected chi connectivity index (χ0v) is 8.63. The second kappa shape index (κ2) is 3.28. The Bertz CT molecular complexity index is 595. The van der Waals surface area contributed by atoms with Crippen LogP contribution in [0.25, 0.3) is 10.9 Å². The molecule has 2 rings (SSSR count). The minimum atomic E-state index is -0.355. The highest BCUT2D eigenvalue weighted by atomic mass is 79.9. The number of rotatable bonds is 0. The monoisotopic (exact) mass is 248 g/mol. The maximum atomic E-state index is 11.3. The zero-order chi connectivity index (χ0) is 10.1. The average Bonchev–Trinajstić information content (AvgIpc) is 2.19. The van der Waals surface area contributed by atoms with Gasteiger partial charge in [-0.05, 0) is 28.1 Å². The number of nitrogens with zero attached hydrogens (tertiary/aromatic N) is 1. The van der Waals surface area contributed by atoms with Crippen LogP contribution in [0.2, 0.25) is 0 Å². The predicted molar refractivity (Wildman–Crippen MR) is 57.0 cm³/mol. The standard InChI is InChI=1S/C10H5BrN2O/c11-8-3-1-2-6-4-7(5-12)10(14)13-9(6)8/h1-4H,(H,13,14). The summed E-state index contributed by atoms with van der Waals surface area (Å²) in [5.74, 6) is 0. The fourth-order valence-corrected chi connectivity index (χ4v) is 1.76. The van der Waals surface area contributed by atoms with Gasteiger partial charge in [-0.25, -0.2) is 0 Å². The third kappa shape index (κ3) is 1.32. The van der Waals surface area contributed by atoms with Gasteiger partial charge in [0, 0.05) is 9.86 Å². The van der Waals surface area contributed by atoms with Crippen molar-refractivity contribution in [1.29, 1.82) is 5.26 Å². The molecule has 0 aliphatic heterocycles. The molecule has 0 bridgehead atoms. The van der Waals surface area contributed by atoms with E-state index in [-0.39, 0.29) is 11.1 Å². The number of pyridine rings is 1. The number of aromatic nitrogens is 1. The first-order valence-corrected chi connectivity index (χ1v) is 4.73. The van der Waals surface area contributed by atoms with Crippen LogP contribution in [0.1, 0.15) is 5.56 Å². The molecule has 0 saturated heterocycles. The van der Waals surface area contributed by atoms with Gasteiger partial charge in [0.1, 0.15) is 11.6 Å². The normalized spacial score (nSPS) is 10.0. The van der Waals surface area contributed by atoms with E-state index in [1.54, 1.807) is 6.07 Å². The third-order valence-electron chi connectivity index (χ3n) is 1.95. The Morgan fingerprint density at radius 1 is 1.43 bits per heavy atom. The molecule has 14 heavy (non-hydrogen) atoms. The number of benzene rings is 1. The van der Waals surface area contributed by atoms with Gasteiger partial charge in [0.05, 0.1) is 5.52 Å². The van der Waals surface area contributed by atoms with Gasteiger partial charge in [-0.2, -0.15) is 5.26 Å². The molecule has 0 radical (unpaired) electrons. The predicted octanol–water partition coefficient (Wildman–Crippen LogP) is 2.16. The lowest BCUT2D eigenvalue weighted by Gasteiger charge is -1.99. The first-order valence-electron chi connectivity index (χ1n) is 3.94. The topological polar surface area (TPSA) is 56.6 Å². The number of hydrogen-bond donors (Lipinski definition) is 1. The molecule has 1 aromatic carbocycles. The van der Waals surface area contributed by atoms with Crippen molar-refractivity contribution < 1.29 is 0 Å². The number of hydrogen-bond acceptors (Lipinski definition) is 2. The van der Waals surface area contributed by atoms with E-state index in [9.17, 15) is 4.79 Å². The maximum Gasteiger partial charge on any atom is 0.266 e. The first kappa shape index (κ1) is 8.97. The second-order valence-corrected chi connectivity index (χ2v) is 3.68. The molecule has 0 amide bonds. The third-order valence-corrected chi connectivity index (χ3v) is 2.61. The molecule has 0 atom stereocenters. The average molecular weight is 249 g/mol. The Morgan fingerprint density at radius 2 is 2.21 bits per heavy atom. The summed E-state index contributed by atoms with van der Waals surface area (Å²) in [6.07, 6.45) is 0. The molecule has 2 aromatic rings. The molecule has 0 aliphatic rings. The van der Waals surface area contributed by atoms with Crippen LogP contribution in [0.15, 0.2) is 33.5 Å². The summed E-state index contributed by atoms with van der Waals surface area (Å²) in [6.45, 7) is 0. The van der Waals surface area contributed by atoms with Crippen LogP contribution in [0.4, 0.5) is 0 Å². The van der Waals surface area contributed by atoms with Crippen molar-refractivity contribution in [3.8, 4) is 6.07 Å².